The molecule has 1 unspecified atom stereocenters. The van der Waals surface area contributed by atoms with E-state index in [-0.39, 0.29) is 5.56 Å². The molecule has 0 spiro atoms. The highest BCUT2D eigenvalue weighted by atomic mass is 35.5. The number of rotatable bonds is 5. The summed E-state index contributed by atoms with van der Waals surface area (Å²) in [5.41, 5.74) is 3.52. The second kappa shape index (κ2) is 6.65. The molecule has 0 fully saturated rings. The fraction of sp³-hybridized carbons (Fsp3) is 0.214. The lowest BCUT2D eigenvalue weighted by molar-refractivity contribution is 0.338. The van der Waals surface area contributed by atoms with Crippen LogP contribution in [0, 0.1) is 5.82 Å². The van der Waals surface area contributed by atoms with Crippen LogP contribution < -0.4 is 16.0 Å². The van der Waals surface area contributed by atoms with Crippen molar-refractivity contribution in [2.75, 3.05) is 6.61 Å². The Kier molecular flexibility index (Phi) is 4.89. The Bertz CT molecular complexity index is 574. The topological polar surface area (TPSA) is 60.2 Å². The molecule has 3 N–H and O–H groups in total. The van der Waals surface area contributed by atoms with Crippen molar-refractivity contribution in [1.82, 2.24) is 10.4 Å². The van der Waals surface area contributed by atoms with E-state index in [0.717, 1.165) is 0 Å². The number of benzene rings is 1. The molecule has 0 aliphatic heterocycles. The first-order chi connectivity index (χ1) is 9.67. The van der Waals surface area contributed by atoms with E-state index in [1.807, 2.05) is 6.92 Å². The van der Waals surface area contributed by atoms with Gasteiger partial charge in [0.25, 0.3) is 0 Å². The second-order valence-corrected chi connectivity index (χ2v) is 4.53. The molecule has 0 aliphatic rings. The molecule has 0 saturated carbocycles. The minimum atomic E-state index is -0.600. The summed E-state index contributed by atoms with van der Waals surface area (Å²) in [6.45, 7) is 2.39. The molecular formula is C14H15ClFN3O. The number of pyridine rings is 1. The molecular weight excluding hydrogens is 281 g/mol. The molecule has 1 aromatic carbocycles. The maximum Gasteiger partial charge on any atom is 0.137 e. The first kappa shape index (κ1) is 14.7. The Labute approximate surface area is 121 Å². The predicted molar refractivity (Wildman–Crippen MR) is 76.0 cm³/mol. The number of nitrogens with two attached hydrogens (primary N) is 1. The van der Waals surface area contributed by atoms with Crippen LogP contribution in [0.2, 0.25) is 5.02 Å². The molecule has 106 valence electrons. The smallest absolute Gasteiger partial charge is 0.137 e. The van der Waals surface area contributed by atoms with E-state index >= 15 is 0 Å². The molecule has 0 radical (unpaired) electrons. The fourth-order valence-electron chi connectivity index (χ4n) is 1.97. The number of hydrogen-bond donors (Lipinski definition) is 2. The maximum atomic E-state index is 14.0. The van der Waals surface area contributed by atoms with Crippen molar-refractivity contribution in [3.8, 4) is 5.75 Å². The van der Waals surface area contributed by atoms with Gasteiger partial charge in [-0.05, 0) is 30.7 Å². The van der Waals surface area contributed by atoms with Crippen molar-refractivity contribution in [3.63, 3.8) is 0 Å². The largest absolute Gasteiger partial charge is 0.492 e. The molecule has 0 amide bonds. The minimum absolute atomic E-state index is 0.284. The molecule has 1 heterocycles. The molecule has 1 atom stereocenters. The van der Waals surface area contributed by atoms with Crippen LogP contribution in [0.25, 0.3) is 0 Å². The van der Waals surface area contributed by atoms with Gasteiger partial charge in [0, 0.05) is 16.8 Å². The Morgan fingerprint density at radius 3 is 2.90 bits per heavy atom. The zero-order valence-electron chi connectivity index (χ0n) is 10.9. The van der Waals surface area contributed by atoms with Crippen LogP contribution in [0.15, 0.2) is 36.7 Å². The third-order valence-corrected chi connectivity index (χ3v) is 3.16. The highest BCUT2D eigenvalue weighted by Crippen LogP contribution is 2.31. The van der Waals surface area contributed by atoms with Crippen LogP contribution in [-0.2, 0) is 0 Å². The van der Waals surface area contributed by atoms with Gasteiger partial charge in [0.05, 0.1) is 18.8 Å². The summed E-state index contributed by atoms with van der Waals surface area (Å²) < 4.78 is 19.4. The van der Waals surface area contributed by atoms with E-state index in [1.165, 1.54) is 6.07 Å². The van der Waals surface area contributed by atoms with Crippen molar-refractivity contribution in [3.05, 3.63) is 58.6 Å². The zero-order chi connectivity index (χ0) is 14.5. The van der Waals surface area contributed by atoms with Gasteiger partial charge in [0.15, 0.2) is 0 Å². The van der Waals surface area contributed by atoms with Crippen LogP contribution in [-0.4, -0.2) is 11.6 Å². The summed E-state index contributed by atoms with van der Waals surface area (Å²) in [5, 5.41) is 0.301. The van der Waals surface area contributed by atoms with Gasteiger partial charge in [-0.1, -0.05) is 17.7 Å². The van der Waals surface area contributed by atoms with Crippen molar-refractivity contribution < 1.29 is 9.13 Å². The van der Waals surface area contributed by atoms with E-state index in [4.69, 9.17) is 22.2 Å². The molecule has 2 aromatic rings. The van der Waals surface area contributed by atoms with Gasteiger partial charge in [0.1, 0.15) is 11.6 Å². The summed E-state index contributed by atoms with van der Waals surface area (Å²) in [6.07, 6.45) is 3.18. The van der Waals surface area contributed by atoms with E-state index in [1.54, 1.807) is 30.6 Å². The van der Waals surface area contributed by atoms with E-state index in [2.05, 4.69) is 10.4 Å². The van der Waals surface area contributed by atoms with Gasteiger partial charge in [0.2, 0.25) is 0 Å². The normalized spacial score (nSPS) is 12.2. The van der Waals surface area contributed by atoms with Crippen LogP contribution >= 0.6 is 11.6 Å². The highest BCUT2D eigenvalue weighted by molar-refractivity contribution is 6.31. The molecule has 0 bridgehead atoms. The lowest BCUT2D eigenvalue weighted by atomic mass is 10.00. The second-order valence-electron chi connectivity index (χ2n) is 4.12. The van der Waals surface area contributed by atoms with E-state index in [0.29, 0.717) is 22.9 Å². The maximum absolute atomic E-state index is 14.0. The van der Waals surface area contributed by atoms with Crippen LogP contribution in [0.5, 0.6) is 5.75 Å². The predicted octanol–water partition coefficient (Wildman–Crippen LogP) is 2.83. The summed E-state index contributed by atoms with van der Waals surface area (Å²) in [6, 6.07) is 5.65. The Morgan fingerprint density at radius 2 is 2.25 bits per heavy atom. The summed E-state index contributed by atoms with van der Waals surface area (Å²) >= 11 is 6.07. The molecule has 6 heteroatoms. The van der Waals surface area contributed by atoms with Crippen LogP contribution in [0.1, 0.15) is 24.1 Å². The summed E-state index contributed by atoms with van der Waals surface area (Å²) in [7, 11) is 0. The Hall–Kier alpha value is -1.69. The van der Waals surface area contributed by atoms with Gasteiger partial charge in [-0.3, -0.25) is 10.8 Å². The Balaban J connectivity index is 2.44. The number of nitrogens with zero attached hydrogens (tertiary/aromatic N) is 1. The quantitative estimate of drug-likeness (QED) is 0.658. The number of hydrogen-bond acceptors (Lipinski definition) is 4. The monoisotopic (exact) mass is 295 g/mol. The minimum Gasteiger partial charge on any atom is -0.492 e. The average Bonchev–Trinajstić information content (AvgIpc) is 2.44. The first-order valence-corrected chi connectivity index (χ1v) is 6.53. The van der Waals surface area contributed by atoms with E-state index in [9.17, 15) is 4.39 Å². The van der Waals surface area contributed by atoms with Gasteiger partial charge in [-0.2, -0.15) is 0 Å². The van der Waals surface area contributed by atoms with Crippen LogP contribution in [0.4, 0.5) is 4.39 Å². The average molecular weight is 296 g/mol. The number of halogens is 2. The highest BCUT2D eigenvalue weighted by Gasteiger charge is 2.20. The lowest BCUT2D eigenvalue weighted by Gasteiger charge is -2.19. The van der Waals surface area contributed by atoms with Crippen LogP contribution in [0.3, 0.4) is 0 Å². The number of nitrogens with one attached hydrogen (secondary N) is 1. The molecule has 4 nitrogen and oxygen atoms in total. The van der Waals surface area contributed by atoms with Crippen molar-refractivity contribution in [2.45, 2.75) is 13.0 Å². The molecule has 0 aliphatic carbocycles. The fourth-order valence-corrected chi connectivity index (χ4v) is 2.24. The van der Waals surface area contributed by atoms with E-state index < -0.39 is 11.9 Å². The number of ether oxygens (including phenoxy) is 1. The Morgan fingerprint density at radius 1 is 1.45 bits per heavy atom. The third-order valence-electron chi connectivity index (χ3n) is 2.83. The first-order valence-electron chi connectivity index (χ1n) is 6.15. The number of aromatic nitrogens is 1. The SMILES string of the molecule is CCOc1cncc(C(NN)c2c(F)cccc2Cl)c1. The van der Waals surface area contributed by atoms with Gasteiger partial charge >= 0.3 is 0 Å². The third kappa shape index (κ3) is 3.07. The summed E-state index contributed by atoms with van der Waals surface area (Å²) in [4.78, 5) is 4.07. The molecule has 2 rings (SSSR count). The molecule has 1 aromatic heterocycles. The van der Waals surface area contributed by atoms with Crippen molar-refractivity contribution in [1.29, 1.82) is 0 Å². The van der Waals surface area contributed by atoms with Gasteiger partial charge in [-0.15, -0.1) is 0 Å². The summed E-state index contributed by atoms with van der Waals surface area (Å²) in [5.74, 6) is 5.72. The lowest BCUT2D eigenvalue weighted by Crippen LogP contribution is -2.30. The van der Waals surface area contributed by atoms with Crippen molar-refractivity contribution >= 4 is 11.6 Å². The molecule has 0 saturated heterocycles. The van der Waals surface area contributed by atoms with Crippen molar-refractivity contribution in [2.24, 2.45) is 5.84 Å². The zero-order valence-corrected chi connectivity index (χ0v) is 11.7. The number of hydrazine groups is 1. The van der Waals surface area contributed by atoms with Gasteiger partial charge in [-0.25, -0.2) is 9.82 Å². The van der Waals surface area contributed by atoms with Gasteiger partial charge < -0.3 is 4.74 Å². The molecule has 20 heavy (non-hydrogen) atoms. The standard InChI is InChI=1S/C14H15ClFN3O/c1-2-20-10-6-9(7-18-8-10)14(19-17)13-11(15)4-3-5-12(13)16/h3-8,14,19H,2,17H2,1H3.